The first-order chi connectivity index (χ1) is 11.5. The van der Waals surface area contributed by atoms with Gasteiger partial charge in [-0.15, -0.1) is 12.4 Å². The normalized spacial score (nSPS) is 22.7. The molecule has 2 N–H and O–H groups in total. The van der Waals surface area contributed by atoms with Crippen LogP contribution in [0.3, 0.4) is 0 Å². The van der Waals surface area contributed by atoms with Crippen LogP contribution in [-0.4, -0.2) is 66.4 Å². The third-order valence-electron chi connectivity index (χ3n) is 5.46. The number of nitrogens with zero attached hydrogens (tertiary/aromatic N) is 2. The summed E-state index contributed by atoms with van der Waals surface area (Å²) in [5.41, 5.74) is 0.467. The molecular weight excluding hydrogens is 344 g/mol. The lowest BCUT2D eigenvalue weighted by Gasteiger charge is -2.35. The number of hydrogen-bond acceptors (Lipinski definition) is 4. The Balaban J connectivity index is 0.00000225. The first-order valence-corrected chi connectivity index (χ1v) is 8.80. The zero-order valence-corrected chi connectivity index (χ0v) is 15.5. The van der Waals surface area contributed by atoms with Crippen molar-refractivity contribution in [2.45, 2.75) is 44.1 Å². The zero-order valence-electron chi connectivity index (χ0n) is 14.7. The van der Waals surface area contributed by atoms with Crippen LogP contribution in [0.5, 0.6) is 0 Å². The maximum atomic E-state index is 12.8. The maximum absolute atomic E-state index is 12.8. The summed E-state index contributed by atoms with van der Waals surface area (Å²) in [6.45, 7) is 2.03. The van der Waals surface area contributed by atoms with Crippen molar-refractivity contribution in [3.8, 4) is 0 Å². The first kappa shape index (κ1) is 19.7. The van der Waals surface area contributed by atoms with Crippen LogP contribution >= 0.6 is 12.4 Å². The van der Waals surface area contributed by atoms with Crippen molar-refractivity contribution in [1.82, 2.24) is 20.4 Å². The summed E-state index contributed by atoms with van der Waals surface area (Å²) in [6, 6.07) is -0.349. The number of likely N-dealkylation sites (N-methyl/N-ethyl adjacent to an activating group) is 1. The molecule has 0 atom stereocenters. The van der Waals surface area contributed by atoms with Crippen LogP contribution in [-0.2, 0) is 9.59 Å². The van der Waals surface area contributed by atoms with Gasteiger partial charge in [0.15, 0.2) is 0 Å². The average molecular weight is 371 g/mol. The van der Waals surface area contributed by atoms with Gasteiger partial charge in [-0.2, -0.15) is 0 Å². The van der Waals surface area contributed by atoms with Crippen LogP contribution in [0.1, 0.15) is 38.5 Å². The fraction of sp³-hybridized carbons (Fsp3) is 0.706. The van der Waals surface area contributed by atoms with E-state index in [1.165, 1.54) is 5.57 Å². The highest BCUT2D eigenvalue weighted by Crippen LogP contribution is 2.39. The highest BCUT2D eigenvalue weighted by molar-refractivity contribution is 6.08. The van der Waals surface area contributed by atoms with E-state index in [1.807, 2.05) is 0 Å². The summed E-state index contributed by atoms with van der Waals surface area (Å²) in [6.07, 6.45) is 7.38. The van der Waals surface area contributed by atoms with Crippen molar-refractivity contribution < 1.29 is 14.4 Å². The Morgan fingerprint density at radius 2 is 2.00 bits per heavy atom. The van der Waals surface area contributed by atoms with Gasteiger partial charge in [-0.3, -0.25) is 14.5 Å². The van der Waals surface area contributed by atoms with Gasteiger partial charge < -0.3 is 15.5 Å². The topological polar surface area (TPSA) is 81.8 Å². The van der Waals surface area contributed by atoms with Crippen molar-refractivity contribution in [3.63, 3.8) is 0 Å². The molecule has 1 saturated carbocycles. The molecule has 0 bridgehead atoms. The molecule has 2 fully saturated rings. The molecule has 25 heavy (non-hydrogen) atoms. The second-order valence-corrected chi connectivity index (χ2v) is 6.92. The van der Waals surface area contributed by atoms with E-state index in [0.29, 0.717) is 19.4 Å². The van der Waals surface area contributed by atoms with Crippen LogP contribution in [0.25, 0.3) is 0 Å². The molecular formula is C17H27ClN4O3. The molecule has 1 aliphatic carbocycles. The molecule has 0 aromatic heterocycles. The monoisotopic (exact) mass is 370 g/mol. The van der Waals surface area contributed by atoms with Gasteiger partial charge in [0, 0.05) is 20.1 Å². The SMILES string of the molecule is CN1C(=O)N(CC(=O)NCC2=CCNCC2)C(=O)C12CCCCC2.Cl. The number of rotatable bonds is 4. The van der Waals surface area contributed by atoms with Crippen molar-refractivity contribution >= 4 is 30.3 Å². The van der Waals surface area contributed by atoms with E-state index >= 15 is 0 Å². The Morgan fingerprint density at radius 1 is 1.28 bits per heavy atom. The molecule has 140 valence electrons. The summed E-state index contributed by atoms with van der Waals surface area (Å²) in [5, 5.41) is 6.05. The Hall–Kier alpha value is -1.60. The number of amides is 4. The summed E-state index contributed by atoms with van der Waals surface area (Å²) in [5.74, 6) is -0.483. The average Bonchev–Trinajstić information content (AvgIpc) is 2.78. The molecule has 4 amide bonds. The second kappa shape index (κ2) is 8.19. The number of urea groups is 1. The number of carbonyl (C=O) groups is 3. The Kier molecular flexibility index (Phi) is 6.46. The van der Waals surface area contributed by atoms with Gasteiger partial charge in [0.1, 0.15) is 12.1 Å². The highest BCUT2D eigenvalue weighted by Gasteiger charge is 2.55. The number of carbonyl (C=O) groups excluding carboxylic acids is 3. The van der Waals surface area contributed by atoms with Gasteiger partial charge in [-0.1, -0.05) is 30.9 Å². The van der Waals surface area contributed by atoms with Crippen molar-refractivity contribution in [1.29, 1.82) is 0 Å². The highest BCUT2D eigenvalue weighted by atomic mass is 35.5. The number of nitrogens with one attached hydrogen (secondary N) is 2. The largest absolute Gasteiger partial charge is 0.351 e. The molecule has 8 heteroatoms. The lowest BCUT2D eigenvalue weighted by molar-refractivity contribution is -0.137. The predicted octanol–water partition coefficient (Wildman–Crippen LogP) is 1.04. The molecule has 2 heterocycles. The van der Waals surface area contributed by atoms with Crippen LogP contribution in [0.2, 0.25) is 0 Å². The van der Waals surface area contributed by atoms with Crippen molar-refractivity contribution in [2.75, 3.05) is 33.2 Å². The van der Waals surface area contributed by atoms with Gasteiger partial charge in [0.05, 0.1) is 0 Å². The molecule has 0 aromatic rings. The molecule has 0 aromatic carbocycles. The van der Waals surface area contributed by atoms with Crippen molar-refractivity contribution in [3.05, 3.63) is 11.6 Å². The maximum Gasteiger partial charge on any atom is 0.327 e. The molecule has 1 saturated heterocycles. The van der Waals surface area contributed by atoms with Crippen molar-refractivity contribution in [2.24, 2.45) is 0 Å². The van der Waals surface area contributed by atoms with E-state index in [1.54, 1.807) is 11.9 Å². The molecule has 0 radical (unpaired) electrons. The third kappa shape index (κ3) is 3.82. The summed E-state index contributed by atoms with van der Waals surface area (Å²) in [4.78, 5) is 40.1. The van der Waals surface area contributed by atoms with Crippen LogP contribution in [0, 0.1) is 0 Å². The summed E-state index contributed by atoms with van der Waals surface area (Å²) in [7, 11) is 1.68. The standard InChI is InChI=1S/C17H26N4O3.ClH/c1-20-16(24)21(15(23)17(20)7-3-2-4-8-17)12-14(22)19-11-13-5-9-18-10-6-13;/h5,18H,2-4,6-12H2,1H3,(H,19,22);1H. The Morgan fingerprint density at radius 3 is 2.64 bits per heavy atom. The lowest BCUT2D eigenvalue weighted by Crippen LogP contribution is -2.49. The third-order valence-corrected chi connectivity index (χ3v) is 5.46. The zero-order chi connectivity index (χ0) is 17.2. The molecule has 1 spiro atoms. The predicted molar refractivity (Wildman–Crippen MR) is 96.5 cm³/mol. The van der Waals surface area contributed by atoms with Gasteiger partial charge in [-0.25, -0.2) is 4.79 Å². The molecule has 3 aliphatic rings. The molecule has 2 aliphatic heterocycles. The van der Waals surface area contributed by atoms with Gasteiger partial charge in [-0.05, 0) is 25.8 Å². The molecule has 3 rings (SSSR count). The van der Waals surface area contributed by atoms with E-state index in [0.717, 1.165) is 43.7 Å². The van der Waals surface area contributed by atoms with E-state index in [9.17, 15) is 14.4 Å². The van der Waals surface area contributed by atoms with Gasteiger partial charge in [0.2, 0.25) is 5.91 Å². The second-order valence-electron chi connectivity index (χ2n) is 6.92. The number of imide groups is 1. The first-order valence-electron chi connectivity index (χ1n) is 8.80. The Labute approximate surface area is 154 Å². The summed E-state index contributed by atoms with van der Waals surface area (Å²) >= 11 is 0. The van der Waals surface area contributed by atoms with Crippen LogP contribution in [0.4, 0.5) is 4.79 Å². The van der Waals surface area contributed by atoms with Gasteiger partial charge >= 0.3 is 6.03 Å². The van der Waals surface area contributed by atoms with E-state index in [2.05, 4.69) is 16.7 Å². The minimum Gasteiger partial charge on any atom is -0.351 e. The van der Waals surface area contributed by atoms with Crippen LogP contribution in [0.15, 0.2) is 11.6 Å². The molecule has 0 unspecified atom stereocenters. The smallest absolute Gasteiger partial charge is 0.327 e. The fourth-order valence-electron chi connectivity index (χ4n) is 3.91. The fourth-order valence-corrected chi connectivity index (χ4v) is 3.91. The van der Waals surface area contributed by atoms with Crippen LogP contribution < -0.4 is 10.6 Å². The lowest BCUT2D eigenvalue weighted by atomic mass is 9.81. The van der Waals surface area contributed by atoms with E-state index in [-0.39, 0.29) is 36.8 Å². The minimum atomic E-state index is -0.715. The molecule has 7 nitrogen and oxygen atoms in total. The minimum absolute atomic E-state index is 0. The number of hydrogen-bond donors (Lipinski definition) is 2. The van der Waals surface area contributed by atoms with Gasteiger partial charge in [0.25, 0.3) is 5.91 Å². The quantitative estimate of drug-likeness (QED) is 0.572. The van der Waals surface area contributed by atoms with E-state index < -0.39 is 5.54 Å². The van der Waals surface area contributed by atoms with E-state index in [4.69, 9.17) is 0 Å². The number of halogens is 1. The summed E-state index contributed by atoms with van der Waals surface area (Å²) < 4.78 is 0. The Bertz CT molecular complexity index is 572.